The summed E-state index contributed by atoms with van der Waals surface area (Å²) in [6, 6.07) is 17.9. The van der Waals surface area contributed by atoms with Crippen LogP contribution in [0.1, 0.15) is 16.7 Å². The van der Waals surface area contributed by atoms with Gasteiger partial charge in [0.1, 0.15) is 23.9 Å². The third kappa shape index (κ3) is 6.82. The monoisotopic (exact) mass is 489 g/mol. The van der Waals surface area contributed by atoms with E-state index in [0.717, 1.165) is 11.3 Å². The molecular weight excluding hydrogens is 458 g/mol. The van der Waals surface area contributed by atoms with Crippen molar-refractivity contribution in [2.24, 2.45) is 0 Å². The van der Waals surface area contributed by atoms with Crippen LogP contribution in [-0.2, 0) is 11.2 Å². The number of benzene rings is 3. The second-order valence-corrected chi connectivity index (χ2v) is 7.81. The topological polar surface area (TPSA) is 86.3 Å². The molecule has 0 unspecified atom stereocenters. The molecule has 0 atom stereocenters. The lowest BCUT2D eigenvalue weighted by Gasteiger charge is -2.15. The summed E-state index contributed by atoms with van der Waals surface area (Å²) >= 11 is 0. The highest BCUT2D eigenvalue weighted by Crippen LogP contribution is 2.33. The van der Waals surface area contributed by atoms with E-state index in [1.54, 1.807) is 56.7 Å². The summed E-state index contributed by atoms with van der Waals surface area (Å²) in [4.78, 5) is 13.4. The third-order valence-electron chi connectivity index (χ3n) is 5.45. The van der Waals surface area contributed by atoms with Crippen molar-refractivity contribution in [3.05, 3.63) is 90.0 Å². The molecule has 0 heterocycles. The van der Waals surface area contributed by atoms with Gasteiger partial charge in [0.15, 0.2) is 11.5 Å². The Labute approximate surface area is 211 Å². The van der Waals surface area contributed by atoms with E-state index in [9.17, 15) is 9.90 Å². The maximum absolute atomic E-state index is 13.4. The summed E-state index contributed by atoms with van der Waals surface area (Å²) in [6.45, 7) is 4.52. The Bertz CT molecular complexity index is 1220. The normalized spacial score (nSPS) is 10.9. The Balaban J connectivity index is 1.85. The fourth-order valence-electron chi connectivity index (χ4n) is 3.56. The van der Waals surface area contributed by atoms with Crippen molar-refractivity contribution in [3.63, 3.8) is 0 Å². The van der Waals surface area contributed by atoms with Gasteiger partial charge in [-0.15, -0.1) is 0 Å². The van der Waals surface area contributed by atoms with Crippen molar-refractivity contribution < 1.29 is 28.8 Å². The number of hydrogen-bond donors (Lipinski definition) is 2. The van der Waals surface area contributed by atoms with E-state index >= 15 is 0 Å². The molecule has 0 aliphatic carbocycles. The van der Waals surface area contributed by atoms with Gasteiger partial charge in [0.05, 0.1) is 26.9 Å². The van der Waals surface area contributed by atoms with Crippen molar-refractivity contribution in [1.82, 2.24) is 5.32 Å². The minimum atomic E-state index is -0.278. The number of carbonyl (C=O) groups is 1. The lowest BCUT2D eigenvalue weighted by molar-refractivity contribution is -0.115. The zero-order chi connectivity index (χ0) is 25.9. The largest absolute Gasteiger partial charge is 0.504 e. The zero-order valence-electron chi connectivity index (χ0n) is 20.7. The Morgan fingerprint density at radius 1 is 0.917 bits per heavy atom. The van der Waals surface area contributed by atoms with Crippen LogP contribution in [0, 0.1) is 0 Å². The van der Waals surface area contributed by atoms with E-state index in [1.165, 1.54) is 13.2 Å². The quantitative estimate of drug-likeness (QED) is 0.214. The minimum absolute atomic E-state index is 0.0144. The molecule has 3 rings (SSSR count). The second-order valence-electron chi connectivity index (χ2n) is 7.81. The first-order chi connectivity index (χ1) is 17.5. The number of carbonyl (C=O) groups excluding carboxylic acids is 1. The third-order valence-corrected chi connectivity index (χ3v) is 5.45. The van der Waals surface area contributed by atoms with E-state index < -0.39 is 0 Å². The van der Waals surface area contributed by atoms with Gasteiger partial charge in [0.25, 0.3) is 5.91 Å². The SMILES string of the molecule is C=CCOc1ccc(CCNC(=O)/C(=C/c2ccc(O)c(OC)c2)c2cc(OC)ccc2OC)cc1. The first kappa shape index (κ1) is 26.2. The molecular formula is C29H31NO6. The summed E-state index contributed by atoms with van der Waals surface area (Å²) in [5.41, 5.74) is 2.69. The van der Waals surface area contributed by atoms with Crippen LogP contribution in [0.15, 0.2) is 73.3 Å². The molecule has 0 spiro atoms. The standard InChI is InChI=1S/C29H31NO6/c1-5-16-36-22-9-6-20(7-10-22)14-15-30-29(32)25(17-21-8-12-26(31)28(18-21)35-4)24-19-23(33-2)11-13-27(24)34-3/h5-13,17-19,31H,1,14-16H2,2-4H3,(H,30,32)/b25-17+. The molecule has 0 radical (unpaired) electrons. The number of ether oxygens (including phenoxy) is 4. The molecule has 3 aromatic rings. The van der Waals surface area contributed by atoms with Crippen molar-refractivity contribution in [2.75, 3.05) is 34.5 Å². The molecule has 0 bridgehead atoms. The van der Waals surface area contributed by atoms with Gasteiger partial charge in [-0.2, -0.15) is 0 Å². The van der Waals surface area contributed by atoms with E-state index in [-0.39, 0.29) is 11.7 Å². The highest BCUT2D eigenvalue weighted by Gasteiger charge is 2.18. The molecule has 7 nitrogen and oxygen atoms in total. The lowest BCUT2D eigenvalue weighted by Crippen LogP contribution is -2.26. The number of hydrogen-bond acceptors (Lipinski definition) is 6. The van der Waals surface area contributed by atoms with E-state index in [2.05, 4.69) is 11.9 Å². The van der Waals surface area contributed by atoms with Crippen LogP contribution in [0.5, 0.6) is 28.7 Å². The second kappa shape index (κ2) is 12.9. The first-order valence-electron chi connectivity index (χ1n) is 11.4. The summed E-state index contributed by atoms with van der Waals surface area (Å²) < 4.78 is 21.6. The fourth-order valence-corrected chi connectivity index (χ4v) is 3.56. The van der Waals surface area contributed by atoms with E-state index in [4.69, 9.17) is 18.9 Å². The van der Waals surface area contributed by atoms with Crippen molar-refractivity contribution in [3.8, 4) is 28.7 Å². The van der Waals surface area contributed by atoms with Crippen LogP contribution in [0.25, 0.3) is 11.6 Å². The predicted molar refractivity (Wildman–Crippen MR) is 141 cm³/mol. The van der Waals surface area contributed by atoms with Crippen LogP contribution >= 0.6 is 0 Å². The summed E-state index contributed by atoms with van der Waals surface area (Å²) in [7, 11) is 4.58. The maximum atomic E-state index is 13.4. The number of aromatic hydroxyl groups is 1. The molecule has 0 fully saturated rings. The summed E-state index contributed by atoms with van der Waals surface area (Å²) in [5.74, 6) is 1.92. The Morgan fingerprint density at radius 3 is 2.31 bits per heavy atom. The lowest BCUT2D eigenvalue weighted by atomic mass is 10.00. The van der Waals surface area contributed by atoms with Crippen LogP contribution in [0.2, 0.25) is 0 Å². The Kier molecular flexibility index (Phi) is 9.40. The smallest absolute Gasteiger partial charge is 0.252 e. The van der Waals surface area contributed by atoms with Crippen LogP contribution in [0.3, 0.4) is 0 Å². The molecule has 0 saturated carbocycles. The van der Waals surface area contributed by atoms with Gasteiger partial charge in [-0.3, -0.25) is 4.79 Å². The van der Waals surface area contributed by atoms with Crippen LogP contribution in [0.4, 0.5) is 0 Å². The Hall–Kier alpha value is -4.39. The van der Waals surface area contributed by atoms with Crippen LogP contribution < -0.4 is 24.3 Å². The minimum Gasteiger partial charge on any atom is -0.504 e. The highest BCUT2D eigenvalue weighted by molar-refractivity contribution is 6.25. The number of rotatable bonds is 12. The molecule has 0 aliphatic heterocycles. The first-order valence-corrected chi connectivity index (χ1v) is 11.4. The van der Waals surface area contributed by atoms with Gasteiger partial charge in [0, 0.05) is 12.1 Å². The zero-order valence-corrected chi connectivity index (χ0v) is 20.7. The molecule has 36 heavy (non-hydrogen) atoms. The van der Waals surface area contributed by atoms with Gasteiger partial charge in [-0.25, -0.2) is 0 Å². The van der Waals surface area contributed by atoms with Gasteiger partial charge in [-0.1, -0.05) is 30.9 Å². The van der Waals surface area contributed by atoms with Crippen molar-refractivity contribution >= 4 is 17.6 Å². The molecule has 2 N–H and O–H groups in total. The molecule has 7 heteroatoms. The average molecular weight is 490 g/mol. The van der Waals surface area contributed by atoms with E-state index in [0.29, 0.717) is 53.5 Å². The van der Waals surface area contributed by atoms with Crippen molar-refractivity contribution in [1.29, 1.82) is 0 Å². The number of nitrogens with one attached hydrogen (secondary N) is 1. The summed E-state index contributed by atoms with van der Waals surface area (Å²) in [6.07, 6.45) is 4.06. The maximum Gasteiger partial charge on any atom is 0.252 e. The van der Waals surface area contributed by atoms with Gasteiger partial charge in [0.2, 0.25) is 0 Å². The molecule has 0 saturated heterocycles. The highest BCUT2D eigenvalue weighted by atomic mass is 16.5. The fraction of sp³-hybridized carbons (Fsp3) is 0.207. The van der Waals surface area contributed by atoms with Gasteiger partial charge >= 0.3 is 0 Å². The predicted octanol–water partition coefficient (Wildman–Crippen LogP) is 4.88. The van der Waals surface area contributed by atoms with Gasteiger partial charge < -0.3 is 29.4 Å². The molecule has 3 aromatic carbocycles. The summed E-state index contributed by atoms with van der Waals surface area (Å²) in [5, 5.41) is 13.0. The van der Waals surface area contributed by atoms with Crippen molar-refractivity contribution in [2.45, 2.75) is 6.42 Å². The van der Waals surface area contributed by atoms with Gasteiger partial charge in [-0.05, 0) is 66.1 Å². The number of amides is 1. The number of phenols is 1. The van der Waals surface area contributed by atoms with Crippen LogP contribution in [-0.4, -0.2) is 45.5 Å². The number of phenolic OH excluding ortho intramolecular Hbond substituents is 1. The Morgan fingerprint density at radius 2 is 1.64 bits per heavy atom. The van der Waals surface area contributed by atoms with E-state index in [1.807, 2.05) is 24.3 Å². The molecule has 1 amide bonds. The average Bonchev–Trinajstić information content (AvgIpc) is 2.91. The number of methoxy groups -OCH3 is 3. The molecule has 0 aromatic heterocycles. The molecule has 0 aliphatic rings. The molecule has 188 valence electrons.